The van der Waals surface area contributed by atoms with Gasteiger partial charge >= 0.3 is 0 Å². The van der Waals surface area contributed by atoms with Gasteiger partial charge in [-0.15, -0.1) is 0 Å². The van der Waals surface area contributed by atoms with Crippen molar-refractivity contribution in [3.63, 3.8) is 0 Å². The Kier molecular flexibility index (Phi) is 4.62. The Labute approximate surface area is 141 Å². The van der Waals surface area contributed by atoms with E-state index in [0.717, 1.165) is 19.2 Å². The summed E-state index contributed by atoms with van der Waals surface area (Å²) in [5.74, 6) is -1.23. The Morgan fingerprint density at radius 3 is 2.83 bits per heavy atom. The maximum absolute atomic E-state index is 13.7. The van der Waals surface area contributed by atoms with Gasteiger partial charge in [0.15, 0.2) is 5.60 Å². The fourth-order valence-corrected chi connectivity index (χ4v) is 4.04. The number of nitrogens with zero attached hydrogens (tertiary/aromatic N) is 1. The van der Waals surface area contributed by atoms with E-state index < -0.39 is 17.3 Å². The zero-order valence-corrected chi connectivity index (χ0v) is 14.1. The number of fused-ring (bicyclic) bond motifs is 1. The molecule has 1 spiro atoms. The highest BCUT2D eigenvalue weighted by Crippen LogP contribution is 2.45. The van der Waals surface area contributed by atoms with E-state index in [1.165, 1.54) is 13.0 Å². The first kappa shape index (κ1) is 17.3. The zero-order chi connectivity index (χ0) is 17.5. The first-order chi connectivity index (χ1) is 11.3. The number of piperidine rings is 1. The molecule has 3 saturated heterocycles. The molecule has 4 atom stereocenters. The van der Waals surface area contributed by atoms with E-state index in [0.29, 0.717) is 24.8 Å². The fraction of sp³-hybridized carbons (Fsp3) is 0.611. The van der Waals surface area contributed by atoms with Crippen LogP contribution in [-0.4, -0.2) is 41.8 Å². The first-order valence-electron chi connectivity index (χ1n) is 8.46. The molecule has 0 bridgehead atoms. The Balaban J connectivity index is 1.81. The number of carbonyl (C=O) groups is 1. The topological polar surface area (TPSA) is 41.6 Å². The molecule has 132 valence electrons. The number of nitrogens with one attached hydrogen (secondary N) is 1. The minimum atomic E-state index is -0.771. The summed E-state index contributed by atoms with van der Waals surface area (Å²) in [6.45, 7) is 8.59. The molecule has 4 nitrogen and oxygen atoms in total. The van der Waals surface area contributed by atoms with Crippen LogP contribution in [0.15, 0.2) is 36.0 Å². The zero-order valence-electron chi connectivity index (χ0n) is 14.1. The third-order valence-electron chi connectivity index (χ3n) is 5.28. The van der Waals surface area contributed by atoms with Crippen molar-refractivity contribution < 1.29 is 18.3 Å². The maximum atomic E-state index is 13.7. The highest BCUT2D eigenvalue weighted by atomic mass is 19.1. The van der Waals surface area contributed by atoms with Crippen molar-refractivity contribution >= 4 is 5.91 Å². The van der Waals surface area contributed by atoms with E-state index in [1.807, 2.05) is 6.92 Å². The van der Waals surface area contributed by atoms with Crippen molar-refractivity contribution in [3.8, 4) is 0 Å². The van der Waals surface area contributed by atoms with Gasteiger partial charge in [-0.3, -0.25) is 4.79 Å². The lowest BCUT2D eigenvalue weighted by molar-refractivity contribution is -0.146. The molecule has 2 unspecified atom stereocenters. The second-order valence-corrected chi connectivity index (χ2v) is 6.96. The van der Waals surface area contributed by atoms with Gasteiger partial charge in [0, 0.05) is 18.5 Å². The molecule has 3 aliphatic rings. The third kappa shape index (κ3) is 2.82. The van der Waals surface area contributed by atoms with Crippen molar-refractivity contribution in [2.75, 3.05) is 13.1 Å². The number of halogens is 2. The van der Waals surface area contributed by atoms with E-state index in [2.05, 4.69) is 11.9 Å². The van der Waals surface area contributed by atoms with Crippen LogP contribution in [-0.2, 0) is 9.53 Å². The van der Waals surface area contributed by atoms with E-state index in [4.69, 9.17) is 4.74 Å². The predicted molar refractivity (Wildman–Crippen MR) is 87.3 cm³/mol. The number of ether oxygens (including phenoxy) is 1. The number of carbonyl (C=O) groups excluding carboxylic acids is 1. The van der Waals surface area contributed by atoms with Gasteiger partial charge in [0.2, 0.25) is 0 Å². The highest BCUT2D eigenvalue weighted by Gasteiger charge is 2.59. The van der Waals surface area contributed by atoms with E-state index in [-0.39, 0.29) is 24.1 Å². The van der Waals surface area contributed by atoms with Crippen LogP contribution in [0.5, 0.6) is 0 Å². The molecule has 3 aliphatic heterocycles. The molecule has 1 N–H and O–H groups in total. The standard InChI is InChI=1S/C18H24F2N2O2/c1-11(8-14(20)9-13(3)19)15-4-5-16-22(15)17(23)18(24-16)6-7-21-10-12(18)2/h8-9,12,15-16,21H,1,4-7,10H2,2-3H3/b13-9+,14-8+/t12?,15-,16+,18?/m0/s1. The van der Waals surface area contributed by atoms with Gasteiger partial charge in [-0.05, 0) is 44.4 Å². The van der Waals surface area contributed by atoms with Gasteiger partial charge in [0.1, 0.15) is 12.1 Å². The minimum Gasteiger partial charge on any atom is -0.342 e. The van der Waals surface area contributed by atoms with Crippen molar-refractivity contribution in [1.29, 1.82) is 0 Å². The Hall–Kier alpha value is -1.53. The van der Waals surface area contributed by atoms with Gasteiger partial charge < -0.3 is 15.0 Å². The lowest BCUT2D eigenvalue weighted by atomic mass is 9.82. The Morgan fingerprint density at radius 2 is 2.17 bits per heavy atom. The monoisotopic (exact) mass is 338 g/mol. The van der Waals surface area contributed by atoms with Crippen molar-refractivity contribution in [2.45, 2.75) is 51.0 Å². The lowest BCUT2D eigenvalue weighted by Gasteiger charge is -2.37. The van der Waals surface area contributed by atoms with Gasteiger partial charge in [0.25, 0.3) is 5.91 Å². The summed E-state index contributed by atoms with van der Waals surface area (Å²) in [4.78, 5) is 14.8. The molecular formula is C18H24F2N2O2. The van der Waals surface area contributed by atoms with E-state index >= 15 is 0 Å². The summed E-state index contributed by atoms with van der Waals surface area (Å²) >= 11 is 0. The third-order valence-corrected chi connectivity index (χ3v) is 5.28. The molecule has 1 amide bonds. The first-order valence-corrected chi connectivity index (χ1v) is 8.46. The summed E-state index contributed by atoms with van der Waals surface area (Å²) in [6.07, 6.45) is 3.80. The minimum absolute atomic E-state index is 0.0174. The summed E-state index contributed by atoms with van der Waals surface area (Å²) in [5.41, 5.74) is -0.296. The normalized spacial score (nSPS) is 37.2. The van der Waals surface area contributed by atoms with E-state index in [9.17, 15) is 13.6 Å². The molecule has 0 aromatic rings. The van der Waals surface area contributed by atoms with Gasteiger partial charge in [0.05, 0.1) is 11.9 Å². The summed E-state index contributed by atoms with van der Waals surface area (Å²) in [6, 6.07) is -0.289. The Bertz CT molecular complexity index is 612. The quantitative estimate of drug-likeness (QED) is 0.805. The molecule has 0 radical (unpaired) electrons. The number of hydrogen-bond acceptors (Lipinski definition) is 3. The lowest BCUT2D eigenvalue weighted by Crippen LogP contribution is -2.55. The van der Waals surface area contributed by atoms with Gasteiger partial charge in [-0.1, -0.05) is 13.5 Å². The number of amides is 1. The summed E-state index contributed by atoms with van der Waals surface area (Å²) in [5, 5.41) is 3.28. The van der Waals surface area contributed by atoms with Crippen LogP contribution in [0.25, 0.3) is 0 Å². The van der Waals surface area contributed by atoms with Gasteiger partial charge in [-0.25, -0.2) is 8.78 Å². The molecule has 3 heterocycles. The van der Waals surface area contributed by atoms with Crippen LogP contribution >= 0.6 is 0 Å². The molecule has 3 rings (SSSR count). The van der Waals surface area contributed by atoms with Crippen LogP contribution < -0.4 is 5.32 Å². The summed E-state index contributed by atoms with van der Waals surface area (Å²) < 4.78 is 32.7. The number of allylic oxidation sites excluding steroid dienone is 3. The second-order valence-electron chi connectivity index (χ2n) is 6.96. The van der Waals surface area contributed by atoms with Crippen LogP contribution in [0.2, 0.25) is 0 Å². The highest BCUT2D eigenvalue weighted by molar-refractivity contribution is 5.88. The number of hydrogen-bond donors (Lipinski definition) is 1. The van der Waals surface area contributed by atoms with Crippen LogP contribution in [0, 0.1) is 5.92 Å². The van der Waals surface area contributed by atoms with Gasteiger partial charge in [-0.2, -0.15) is 0 Å². The second kappa shape index (κ2) is 6.41. The van der Waals surface area contributed by atoms with E-state index in [1.54, 1.807) is 4.90 Å². The fourth-order valence-electron chi connectivity index (χ4n) is 4.04. The smallest absolute Gasteiger partial charge is 0.257 e. The average molecular weight is 338 g/mol. The predicted octanol–water partition coefficient (Wildman–Crippen LogP) is 2.98. The number of rotatable bonds is 3. The van der Waals surface area contributed by atoms with Crippen molar-refractivity contribution in [3.05, 3.63) is 36.0 Å². The largest absolute Gasteiger partial charge is 0.342 e. The molecule has 3 fully saturated rings. The summed E-state index contributed by atoms with van der Waals surface area (Å²) in [7, 11) is 0. The maximum Gasteiger partial charge on any atom is 0.257 e. The molecule has 24 heavy (non-hydrogen) atoms. The molecule has 6 heteroatoms. The molecule has 0 aromatic carbocycles. The van der Waals surface area contributed by atoms with Crippen molar-refractivity contribution in [1.82, 2.24) is 10.2 Å². The van der Waals surface area contributed by atoms with Crippen LogP contribution in [0.1, 0.15) is 33.1 Å². The molecule has 0 aromatic heterocycles. The average Bonchev–Trinajstić information content (AvgIpc) is 3.01. The Morgan fingerprint density at radius 1 is 1.42 bits per heavy atom. The van der Waals surface area contributed by atoms with Crippen LogP contribution in [0.3, 0.4) is 0 Å². The van der Waals surface area contributed by atoms with Crippen LogP contribution in [0.4, 0.5) is 8.78 Å². The molecular weight excluding hydrogens is 314 g/mol. The van der Waals surface area contributed by atoms with Crippen molar-refractivity contribution in [2.24, 2.45) is 5.92 Å². The molecule has 0 saturated carbocycles. The molecule has 0 aliphatic carbocycles. The SMILES string of the molecule is C=C(/C=C(F)\C=C(/C)F)[C@@H]1CC[C@H]2OC3(CCNCC3C)C(=O)N21.